The maximum atomic E-state index is 13.7. The second-order valence-electron chi connectivity index (χ2n) is 7.19. The van der Waals surface area contributed by atoms with Gasteiger partial charge in [-0.25, -0.2) is 4.39 Å². The van der Waals surface area contributed by atoms with Crippen LogP contribution in [-0.4, -0.2) is 25.6 Å². The summed E-state index contributed by atoms with van der Waals surface area (Å²) in [6.07, 6.45) is 0.827. The van der Waals surface area contributed by atoms with Crippen molar-refractivity contribution in [3.8, 4) is 5.75 Å². The van der Waals surface area contributed by atoms with Gasteiger partial charge in [-0.05, 0) is 41.2 Å². The largest absolute Gasteiger partial charge is 0.494 e. The SMILES string of the molecule is CCc1ccc([C@H](NC(=O)COC(=O)Cc2ccc(OC)c(F)c2)C(C)C)cc1. The van der Waals surface area contributed by atoms with Crippen LogP contribution in [0.2, 0.25) is 0 Å². The number of hydrogen-bond donors (Lipinski definition) is 1. The molecule has 2 aromatic carbocycles. The van der Waals surface area contributed by atoms with Crippen molar-refractivity contribution in [1.29, 1.82) is 0 Å². The van der Waals surface area contributed by atoms with Gasteiger partial charge in [-0.3, -0.25) is 9.59 Å². The highest BCUT2D eigenvalue weighted by Crippen LogP contribution is 2.22. The number of methoxy groups -OCH3 is 1. The number of amides is 1. The van der Waals surface area contributed by atoms with E-state index in [0.717, 1.165) is 12.0 Å². The van der Waals surface area contributed by atoms with Gasteiger partial charge in [-0.2, -0.15) is 0 Å². The van der Waals surface area contributed by atoms with Crippen LogP contribution in [0.15, 0.2) is 42.5 Å². The second kappa shape index (κ2) is 10.6. The van der Waals surface area contributed by atoms with Gasteiger partial charge in [0.15, 0.2) is 18.2 Å². The van der Waals surface area contributed by atoms with Crippen molar-refractivity contribution in [2.24, 2.45) is 5.92 Å². The highest BCUT2D eigenvalue weighted by Gasteiger charge is 2.19. The zero-order valence-corrected chi connectivity index (χ0v) is 17.3. The molecule has 1 N–H and O–H groups in total. The van der Waals surface area contributed by atoms with Gasteiger partial charge in [0.2, 0.25) is 0 Å². The van der Waals surface area contributed by atoms with E-state index in [4.69, 9.17) is 9.47 Å². The first-order valence-corrected chi connectivity index (χ1v) is 9.70. The van der Waals surface area contributed by atoms with Crippen LogP contribution in [0.5, 0.6) is 5.75 Å². The van der Waals surface area contributed by atoms with E-state index in [9.17, 15) is 14.0 Å². The Kier molecular flexibility index (Phi) is 8.19. The van der Waals surface area contributed by atoms with E-state index in [1.54, 1.807) is 6.07 Å². The molecule has 0 unspecified atom stereocenters. The lowest BCUT2D eigenvalue weighted by Crippen LogP contribution is -2.35. The zero-order valence-electron chi connectivity index (χ0n) is 17.3. The Hall–Kier alpha value is -2.89. The van der Waals surface area contributed by atoms with Crippen LogP contribution < -0.4 is 10.1 Å². The van der Waals surface area contributed by atoms with Crippen molar-refractivity contribution >= 4 is 11.9 Å². The molecule has 1 amide bonds. The number of hydrogen-bond acceptors (Lipinski definition) is 4. The molecule has 0 radical (unpaired) electrons. The number of benzene rings is 2. The summed E-state index contributed by atoms with van der Waals surface area (Å²) in [4.78, 5) is 24.3. The molecule has 156 valence electrons. The minimum atomic E-state index is -0.599. The van der Waals surface area contributed by atoms with Crippen molar-refractivity contribution in [2.75, 3.05) is 13.7 Å². The summed E-state index contributed by atoms with van der Waals surface area (Å²) in [6, 6.07) is 12.2. The van der Waals surface area contributed by atoms with E-state index < -0.39 is 11.8 Å². The number of rotatable bonds is 9. The van der Waals surface area contributed by atoms with E-state index in [1.165, 1.54) is 24.8 Å². The smallest absolute Gasteiger partial charge is 0.310 e. The lowest BCUT2D eigenvalue weighted by atomic mass is 9.95. The third-order valence-electron chi connectivity index (χ3n) is 4.66. The van der Waals surface area contributed by atoms with Crippen LogP contribution in [0.1, 0.15) is 43.5 Å². The fourth-order valence-electron chi connectivity index (χ4n) is 2.99. The summed E-state index contributed by atoms with van der Waals surface area (Å²) < 4.78 is 23.6. The summed E-state index contributed by atoms with van der Waals surface area (Å²) in [5.74, 6) is -1.25. The molecule has 29 heavy (non-hydrogen) atoms. The van der Waals surface area contributed by atoms with Crippen molar-refractivity contribution in [3.05, 3.63) is 65.0 Å². The maximum Gasteiger partial charge on any atom is 0.310 e. The number of aryl methyl sites for hydroxylation is 1. The topological polar surface area (TPSA) is 64.6 Å². The first-order valence-electron chi connectivity index (χ1n) is 9.70. The van der Waals surface area contributed by atoms with E-state index in [1.807, 2.05) is 38.1 Å². The van der Waals surface area contributed by atoms with Crippen LogP contribution in [-0.2, 0) is 27.2 Å². The van der Waals surface area contributed by atoms with Crippen LogP contribution in [0.4, 0.5) is 4.39 Å². The molecule has 0 saturated carbocycles. The first-order chi connectivity index (χ1) is 13.8. The number of ether oxygens (including phenoxy) is 2. The molecule has 0 aliphatic heterocycles. The fraction of sp³-hybridized carbons (Fsp3) is 0.391. The number of esters is 1. The van der Waals surface area contributed by atoms with Crippen LogP contribution >= 0.6 is 0 Å². The van der Waals surface area contributed by atoms with Gasteiger partial charge in [-0.1, -0.05) is 51.1 Å². The highest BCUT2D eigenvalue weighted by molar-refractivity contribution is 5.81. The van der Waals surface area contributed by atoms with Gasteiger partial charge < -0.3 is 14.8 Å². The standard InChI is InChI=1S/C23H28FNO4/c1-5-16-6-9-18(10-7-16)23(15(2)3)25-21(26)14-29-22(27)13-17-8-11-20(28-4)19(24)12-17/h6-12,15,23H,5,13-14H2,1-4H3,(H,25,26)/t23-/m1/s1. The van der Waals surface area contributed by atoms with Crippen LogP contribution in [0.3, 0.4) is 0 Å². The number of halogens is 1. The molecule has 0 aliphatic rings. The van der Waals surface area contributed by atoms with Crippen molar-refractivity contribution in [2.45, 2.75) is 39.7 Å². The summed E-state index contributed by atoms with van der Waals surface area (Å²) in [5, 5.41) is 2.92. The molecular formula is C23H28FNO4. The van der Waals surface area contributed by atoms with E-state index in [0.29, 0.717) is 5.56 Å². The summed E-state index contributed by atoms with van der Waals surface area (Å²) in [6.45, 7) is 5.74. The fourth-order valence-corrected chi connectivity index (χ4v) is 2.99. The van der Waals surface area contributed by atoms with Gasteiger partial charge in [0.1, 0.15) is 0 Å². The van der Waals surface area contributed by atoms with E-state index in [2.05, 4.69) is 12.2 Å². The number of carbonyl (C=O) groups is 2. The molecule has 2 aromatic rings. The third kappa shape index (κ3) is 6.59. The quantitative estimate of drug-likeness (QED) is 0.645. The molecule has 0 aromatic heterocycles. The Labute approximate surface area is 171 Å². The molecule has 5 nitrogen and oxygen atoms in total. The van der Waals surface area contributed by atoms with Crippen molar-refractivity contribution in [3.63, 3.8) is 0 Å². The molecule has 2 rings (SSSR count). The lowest BCUT2D eigenvalue weighted by molar-refractivity contribution is -0.148. The van der Waals surface area contributed by atoms with Crippen molar-refractivity contribution in [1.82, 2.24) is 5.32 Å². The molecule has 0 heterocycles. The van der Waals surface area contributed by atoms with Gasteiger partial charge >= 0.3 is 5.97 Å². The molecule has 0 bridgehead atoms. The first kappa shape index (κ1) is 22.4. The Morgan fingerprint density at radius 1 is 1.07 bits per heavy atom. The van der Waals surface area contributed by atoms with E-state index in [-0.39, 0.29) is 36.6 Å². The Morgan fingerprint density at radius 2 is 1.72 bits per heavy atom. The lowest BCUT2D eigenvalue weighted by Gasteiger charge is -2.23. The average molecular weight is 401 g/mol. The second-order valence-corrected chi connectivity index (χ2v) is 7.19. The Balaban J connectivity index is 1.89. The van der Waals surface area contributed by atoms with Crippen molar-refractivity contribution < 1.29 is 23.5 Å². The van der Waals surface area contributed by atoms with Crippen LogP contribution in [0, 0.1) is 11.7 Å². The molecule has 0 saturated heterocycles. The predicted molar refractivity (Wildman–Crippen MR) is 109 cm³/mol. The number of carbonyl (C=O) groups excluding carboxylic acids is 2. The third-order valence-corrected chi connectivity index (χ3v) is 4.66. The highest BCUT2D eigenvalue weighted by atomic mass is 19.1. The zero-order chi connectivity index (χ0) is 21.4. The maximum absolute atomic E-state index is 13.7. The van der Waals surface area contributed by atoms with Gasteiger partial charge in [0, 0.05) is 0 Å². The van der Waals surface area contributed by atoms with Gasteiger partial charge in [0.25, 0.3) is 5.91 Å². The molecule has 1 atom stereocenters. The Bertz CT molecular complexity index is 833. The minimum Gasteiger partial charge on any atom is -0.494 e. The number of nitrogens with one attached hydrogen (secondary N) is 1. The van der Waals surface area contributed by atoms with Gasteiger partial charge in [0.05, 0.1) is 19.6 Å². The predicted octanol–water partition coefficient (Wildman–Crippen LogP) is 4.00. The molecule has 0 spiro atoms. The minimum absolute atomic E-state index is 0.105. The monoisotopic (exact) mass is 401 g/mol. The van der Waals surface area contributed by atoms with Gasteiger partial charge in [-0.15, -0.1) is 0 Å². The molecule has 0 fully saturated rings. The average Bonchev–Trinajstić information content (AvgIpc) is 2.70. The molecular weight excluding hydrogens is 373 g/mol. The molecule has 6 heteroatoms. The Morgan fingerprint density at radius 3 is 2.28 bits per heavy atom. The molecule has 0 aliphatic carbocycles. The summed E-state index contributed by atoms with van der Waals surface area (Å²) in [5.41, 5.74) is 2.68. The summed E-state index contributed by atoms with van der Waals surface area (Å²) in [7, 11) is 1.37. The van der Waals surface area contributed by atoms with E-state index >= 15 is 0 Å². The van der Waals surface area contributed by atoms with Crippen LogP contribution in [0.25, 0.3) is 0 Å². The summed E-state index contributed by atoms with van der Waals surface area (Å²) >= 11 is 0. The normalized spacial score (nSPS) is 11.8.